The van der Waals surface area contributed by atoms with Crippen LogP contribution in [0.1, 0.15) is 30.1 Å². The van der Waals surface area contributed by atoms with Crippen LogP contribution in [0, 0.1) is 5.92 Å². The summed E-state index contributed by atoms with van der Waals surface area (Å²) < 4.78 is 42.4. The number of rotatable bonds is 5. The number of halogens is 3. The molecule has 1 heterocycles. The van der Waals surface area contributed by atoms with Gasteiger partial charge in [0.1, 0.15) is 5.76 Å². The molecule has 1 fully saturated rings. The van der Waals surface area contributed by atoms with Crippen LogP contribution < -0.4 is 5.32 Å². The van der Waals surface area contributed by atoms with E-state index in [1.807, 2.05) is 6.07 Å². The fourth-order valence-electron chi connectivity index (χ4n) is 2.66. The molecule has 0 saturated heterocycles. The van der Waals surface area contributed by atoms with Crippen LogP contribution in [-0.2, 0) is 11.2 Å². The van der Waals surface area contributed by atoms with Crippen molar-refractivity contribution in [2.45, 2.75) is 31.4 Å². The molecule has 0 radical (unpaired) electrons. The first-order valence-electron chi connectivity index (χ1n) is 7.43. The second kappa shape index (κ2) is 6.10. The number of aryl methyl sites for hydroxylation is 1. The molecule has 23 heavy (non-hydrogen) atoms. The Morgan fingerprint density at radius 1 is 1.22 bits per heavy atom. The summed E-state index contributed by atoms with van der Waals surface area (Å²) in [6.07, 6.45) is -3.00. The molecule has 6 heteroatoms. The Morgan fingerprint density at radius 3 is 2.70 bits per heavy atom. The highest BCUT2D eigenvalue weighted by Gasteiger charge is 2.45. The van der Waals surface area contributed by atoms with Gasteiger partial charge in [-0.2, -0.15) is 13.2 Å². The SMILES string of the molecule is O=C(Nc1ccccc1CCC(F)(F)F)[C@@H]1C[C@@H]1c1ccco1. The van der Waals surface area contributed by atoms with Gasteiger partial charge in [-0.05, 0) is 36.6 Å². The van der Waals surface area contributed by atoms with E-state index in [0.717, 1.165) is 5.76 Å². The van der Waals surface area contributed by atoms with Crippen molar-refractivity contribution in [1.29, 1.82) is 0 Å². The van der Waals surface area contributed by atoms with Gasteiger partial charge in [-0.15, -0.1) is 0 Å². The zero-order valence-corrected chi connectivity index (χ0v) is 12.3. The maximum absolute atomic E-state index is 12.4. The molecule has 0 unspecified atom stereocenters. The second-order valence-electron chi connectivity index (χ2n) is 5.73. The van der Waals surface area contributed by atoms with Crippen molar-refractivity contribution in [3.05, 3.63) is 54.0 Å². The van der Waals surface area contributed by atoms with Gasteiger partial charge in [0.25, 0.3) is 0 Å². The van der Waals surface area contributed by atoms with Gasteiger partial charge in [-0.3, -0.25) is 4.79 Å². The number of hydrogen-bond acceptors (Lipinski definition) is 2. The van der Waals surface area contributed by atoms with Gasteiger partial charge in [0.05, 0.1) is 6.26 Å². The summed E-state index contributed by atoms with van der Waals surface area (Å²) in [4.78, 5) is 12.3. The van der Waals surface area contributed by atoms with E-state index in [1.165, 1.54) is 0 Å². The highest BCUT2D eigenvalue weighted by Crippen LogP contribution is 2.48. The summed E-state index contributed by atoms with van der Waals surface area (Å²) in [6.45, 7) is 0. The number of carbonyl (C=O) groups excluding carboxylic acids is 1. The Kier molecular flexibility index (Phi) is 4.15. The molecule has 3 rings (SSSR count). The first-order chi connectivity index (χ1) is 10.9. The van der Waals surface area contributed by atoms with E-state index in [4.69, 9.17) is 4.42 Å². The molecule has 1 aliphatic rings. The maximum atomic E-state index is 12.4. The molecule has 1 aromatic heterocycles. The van der Waals surface area contributed by atoms with Crippen LogP contribution in [0.2, 0.25) is 0 Å². The first kappa shape index (κ1) is 15.6. The fraction of sp³-hybridized carbons (Fsp3) is 0.353. The largest absolute Gasteiger partial charge is 0.469 e. The van der Waals surface area contributed by atoms with Crippen LogP contribution in [0.3, 0.4) is 0 Å². The molecule has 3 nitrogen and oxygen atoms in total. The lowest BCUT2D eigenvalue weighted by molar-refractivity contribution is -0.133. The number of anilines is 1. The van der Waals surface area contributed by atoms with Gasteiger partial charge < -0.3 is 9.73 Å². The molecule has 1 aliphatic carbocycles. The normalized spacial score (nSPS) is 20.3. The number of amides is 1. The second-order valence-corrected chi connectivity index (χ2v) is 5.73. The minimum atomic E-state index is -4.21. The monoisotopic (exact) mass is 323 g/mol. The Labute approximate surface area is 131 Å². The molecule has 2 atom stereocenters. The summed E-state index contributed by atoms with van der Waals surface area (Å²) in [5.41, 5.74) is 0.945. The molecular weight excluding hydrogens is 307 g/mol. The number of alkyl halides is 3. The third-order valence-electron chi connectivity index (χ3n) is 3.99. The zero-order chi connectivity index (χ0) is 16.4. The van der Waals surface area contributed by atoms with Crippen molar-refractivity contribution in [1.82, 2.24) is 0 Å². The highest BCUT2D eigenvalue weighted by atomic mass is 19.4. The Balaban J connectivity index is 1.63. The predicted molar refractivity (Wildman–Crippen MR) is 79.0 cm³/mol. The standard InChI is InChI=1S/C17H16F3NO2/c18-17(19,20)8-7-11-4-1-2-5-14(11)21-16(22)13-10-12(13)15-6-3-9-23-15/h1-6,9,12-13H,7-8,10H2,(H,21,22)/t12-,13+/m0/s1. The van der Waals surface area contributed by atoms with Crippen molar-refractivity contribution >= 4 is 11.6 Å². The Morgan fingerprint density at radius 2 is 2.00 bits per heavy atom. The van der Waals surface area contributed by atoms with E-state index in [-0.39, 0.29) is 24.2 Å². The summed E-state index contributed by atoms with van der Waals surface area (Å²) in [6, 6.07) is 10.2. The average Bonchev–Trinajstić information content (AvgIpc) is 3.12. The van der Waals surface area contributed by atoms with Crippen molar-refractivity contribution in [2.75, 3.05) is 5.32 Å². The minimum Gasteiger partial charge on any atom is -0.469 e. The van der Waals surface area contributed by atoms with Crippen LogP contribution >= 0.6 is 0 Å². The number of benzene rings is 1. The third-order valence-corrected chi connectivity index (χ3v) is 3.99. The quantitative estimate of drug-likeness (QED) is 0.879. The maximum Gasteiger partial charge on any atom is 0.389 e. The van der Waals surface area contributed by atoms with Gasteiger partial charge in [-0.25, -0.2) is 0 Å². The van der Waals surface area contributed by atoms with Gasteiger partial charge in [0.2, 0.25) is 5.91 Å². The Bertz CT molecular complexity index is 679. The molecule has 1 N–H and O–H groups in total. The molecule has 1 aromatic carbocycles. The fourth-order valence-corrected chi connectivity index (χ4v) is 2.66. The molecule has 122 valence electrons. The lowest BCUT2D eigenvalue weighted by Crippen LogP contribution is -2.16. The summed E-state index contributed by atoms with van der Waals surface area (Å²) in [7, 11) is 0. The highest BCUT2D eigenvalue weighted by molar-refractivity contribution is 5.95. The van der Waals surface area contributed by atoms with E-state index in [9.17, 15) is 18.0 Å². The number of nitrogens with one attached hydrogen (secondary N) is 1. The Hall–Kier alpha value is -2.24. The van der Waals surface area contributed by atoms with Crippen molar-refractivity contribution in [3.63, 3.8) is 0 Å². The van der Waals surface area contributed by atoms with E-state index >= 15 is 0 Å². The molecule has 1 amide bonds. The smallest absolute Gasteiger partial charge is 0.389 e. The topological polar surface area (TPSA) is 42.2 Å². The van der Waals surface area contributed by atoms with Crippen LogP contribution in [0.4, 0.5) is 18.9 Å². The van der Waals surface area contributed by atoms with Crippen LogP contribution in [0.25, 0.3) is 0 Å². The first-order valence-corrected chi connectivity index (χ1v) is 7.43. The number of para-hydroxylation sites is 1. The average molecular weight is 323 g/mol. The van der Waals surface area contributed by atoms with Gasteiger partial charge in [-0.1, -0.05) is 18.2 Å². The predicted octanol–water partition coefficient (Wildman–Crippen LogP) is 4.52. The number of hydrogen-bond donors (Lipinski definition) is 1. The van der Waals surface area contributed by atoms with E-state index in [1.54, 1.807) is 36.6 Å². The summed E-state index contributed by atoms with van der Waals surface area (Å²) in [5, 5.41) is 2.75. The van der Waals surface area contributed by atoms with E-state index in [0.29, 0.717) is 17.7 Å². The summed E-state index contributed by atoms with van der Waals surface area (Å²) >= 11 is 0. The molecular formula is C17H16F3NO2. The number of furan rings is 1. The lowest BCUT2D eigenvalue weighted by Gasteiger charge is -2.12. The van der Waals surface area contributed by atoms with E-state index in [2.05, 4.69) is 5.32 Å². The molecule has 0 aliphatic heterocycles. The van der Waals surface area contributed by atoms with Crippen LogP contribution in [0.5, 0.6) is 0 Å². The molecule has 1 saturated carbocycles. The minimum absolute atomic E-state index is 0.0623. The van der Waals surface area contributed by atoms with Crippen molar-refractivity contribution in [2.24, 2.45) is 5.92 Å². The van der Waals surface area contributed by atoms with Crippen LogP contribution in [0.15, 0.2) is 47.1 Å². The summed E-state index contributed by atoms with van der Waals surface area (Å²) in [5.74, 6) is 0.477. The number of carbonyl (C=O) groups is 1. The van der Waals surface area contributed by atoms with E-state index < -0.39 is 12.6 Å². The lowest BCUT2D eigenvalue weighted by atomic mass is 10.1. The molecule has 2 aromatic rings. The molecule has 0 bridgehead atoms. The van der Waals surface area contributed by atoms with Crippen molar-refractivity contribution < 1.29 is 22.4 Å². The van der Waals surface area contributed by atoms with Gasteiger partial charge in [0, 0.05) is 23.9 Å². The van der Waals surface area contributed by atoms with Crippen LogP contribution in [-0.4, -0.2) is 12.1 Å². The van der Waals surface area contributed by atoms with Gasteiger partial charge >= 0.3 is 6.18 Å². The molecule has 0 spiro atoms. The van der Waals surface area contributed by atoms with Crippen molar-refractivity contribution in [3.8, 4) is 0 Å². The zero-order valence-electron chi connectivity index (χ0n) is 12.3. The third kappa shape index (κ3) is 3.94. The van der Waals surface area contributed by atoms with Gasteiger partial charge in [0.15, 0.2) is 0 Å².